The predicted octanol–water partition coefficient (Wildman–Crippen LogP) is 2.02. The summed E-state index contributed by atoms with van der Waals surface area (Å²) in [6, 6.07) is 7.87. The third-order valence-corrected chi connectivity index (χ3v) is 3.63. The van der Waals surface area contributed by atoms with Crippen molar-refractivity contribution in [3.8, 4) is 0 Å². The zero-order valence-electron chi connectivity index (χ0n) is 14.6. The summed E-state index contributed by atoms with van der Waals surface area (Å²) in [5.74, 6) is 0.828. The zero-order valence-corrected chi connectivity index (χ0v) is 14.6. The number of para-hydroxylation sites is 2. The van der Waals surface area contributed by atoms with E-state index < -0.39 is 0 Å². The Bertz CT molecular complexity index is 706. The fraction of sp³-hybridized carbons (Fsp3) is 0.500. The van der Waals surface area contributed by atoms with Crippen molar-refractivity contribution in [1.29, 1.82) is 0 Å². The first-order valence-corrected chi connectivity index (χ1v) is 8.51. The van der Waals surface area contributed by atoms with E-state index in [0.29, 0.717) is 19.4 Å². The molecular weight excluding hydrogens is 304 g/mol. The SMILES string of the molecule is CCCC(=O)NCCc1nc2ccccc2n1CC(=O)NC(C)C. The Labute approximate surface area is 142 Å². The van der Waals surface area contributed by atoms with E-state index in [9.17, 15) is 9.59 Å². The van der Waals surface area contributed by atoms with Crippen molar-refractivity contribution in [3.63, 3.8) is 0 Å². The largest absolute Gasteiger partial charge is 0.356 e. The van der Waals surface area contributed by atoms with Gasteiger partial charge in [-0.3, -0.25) is 9.59 Å². The molecule has 0 saturated heterocycles. The van der Waals surface area contributed by atoms with Crippen LogP contribution in [0.15, 0.2) is 24.3 Å². The number of nitrogens with zero attached hydrogens (tertiary/aromatic N) is 2. The molecule has 0 fully saturated rings. The van der Waals surface area contributed by atoms with Gasteiger partial charge in [0.2, 0.25) is 11.8 Å². The minimum absolute atomic E-state index is 0.0376. The molecule has 0 aliphatic heterocycles. The van der Waals surface area contributed by atoms with E-state index in [4.69, 9.17) is 0 Å². The molecule has 0 saturated carbocycles. The van der Waals surface area contributed by atoms with Crippen molar-refractivity contribution in [2.45, 2.75) is 52.6 Å². The van der Waals surface area contributed by atoms with Crippen LogP contribution < -0.4 is 10.6 Å². The minimum Gasteiger partial charge on any atom is -0.356 e. The van der Waals surface area contributed by atoms with Gasteiger partial charge < -0.3 is 15.2 Å². The normalized spacial score (nSPS) is 11.0. The van der Waals surface area contributed by atoms with Gasteiger partial charge in [-0.2, -0.15) is 0 Å². The van der Waals surface area contributed by atoms with Crippen molar-refractivity contribution in [1.82, 2.24) is 20.2 Å². The summed E-state index contributed by atoms with van der Waals surface area (Å²) >= 11 is 0. The molecule has 0 radical (unpaired) electrons. The zero-order chi connectivity index (χ0) is 17.5. The van der Waals surface area contributed by atoms with Gasteiger partial charge in [-0.15, -0.1) is 0 Å². The second-order valence-corrected chi connectivity index (χ2v) is 6.18. The third-order valence-electron chi connectivity index (χ3n) is 3.63. The third kappa shape index (κ3) is 4.81. The molecule has 2 amide bonds. The van der Waals surface area contributed by atoms with Crippen molar-refractivity contribution in [2.24, 2.45) is 0 Å². The lowest BCUT2D eigenvalue weighted by Crippen LogP contribution is -2.33. The van der Waals surface area contributed by atoms with Gasteiger partial charge in [0.15, 0.2) is 0 Å². The first-order chi connectivity index (χ1) is 11.5. The molecule has 1 heterocycles. The molecule has 130 valence electrons. The first-order valence-electron chi connectivity index (χ1n) is 8.51. The summed E-state index contributed by atoms with van der Waals surface area (Å²) in [5, 5.41) is 5.80. The van der Waals surface area contributed by atoms with Crippen molar-refractivity contribution < 1.29 is 9.59 Å². The number of rotatable bonds is 8. The van der Waals surface area contributed by atoms with Crippen LogP contribution >= 0.6 is 0 Å². The van der Waals surface area contributed by atoms with Gasteiger partial charge in [-0.05, 0) is 32.4 Å². The fourth-order valence-corrected chi connectivity index (χ4v) is 2.63. The molecule has 2 N–H and O–H groups in total. The molecule has 1 aromatic carbocycles. The van der Waals surface area contributed by atoms with E-state index in [1.807, 2.05) is 49.6 Å². The van der Waals surface area contributed by atoms with E-state index >= 15 is 0 Å². The predicted molar refractivity (Wildman–Crippen MR) is 94.6 cm³/mol. The number of carbonyl (C=O) groups is 2. The summed E-state index contributed by atoms with van der Waals surface area (Å²) in [7, 11) is 0. The smallest absolute Gasteiger partial charge is 0.240 e. The van der Waals surface area contributed by atoms with Crippen molar-refractivity contribution in [2.75, 3.05) is 6.54 Å². The summed E-state index contributed by atoms with van der Waals surface area (Å²) in [6.07, 6.45) is 1.96. The van der Waals surface area contributed by atoms with Gasteiger partial charge in [0.25, 0.3) is 0 Å². The van der Waals surface area contributed by atoms with Crippen LogP contribution in [0.25, 0.3) is 11.0 Å². The van der Waals surface area contributed by atoms with Crippen LogP contribution in [0.5, 0.6) is 0 Å². The molecule has 0 atom stereocenters. The topological polar surface area (TPSA) is 76.0 Å². The van der Waals surface area contributed by atoms with Crippen LogP contribution in [-0.2, 0) is 22.6 Å². The molecule has 6 nitrogen and oxygen atoms in total. The highest BCUT2D eigenvalue weighted by molar-refractivity contribution is 5.81. The molecule has 0 bridgehead atoms. The Kier molecular flexibility index (Phi) is 6.35. The Hall–Kier alpha value is -2.37. The quantitative estimate of drug-likeness (QED) is 0.777. The molecular formula is C18H26N4O2. The molecule has 0 aliphatic rings. The van der Waals surface area contributed by atoms with Gasteiger partial charge in [0.05, 0.1) is 11.0 Å². The standard InChI is InChI=1S/C18H26N4O2/c1-4-7-17(23)19-11-10-16-21-14-8-5-6-9-15(14)22(16)12-18(24)20-13(2)3/h5-6,8-9,13H,4,7,10-12H2,1-3H3,(H,19,23)(H,20,24). The number of hydrogen-bond acceptors (Lipinski definition) is 3. The van der Waals surface area contributed by atoms with Crippen LogP contribution in [0.1, 0.15) is 39.4 Å². The fourth-order valence-electron chi connectivity index (χ4n) is 2.63. The highest BCUT2D eigenvalue weighted by Gasteiger charge is 2.14. The maximum absolute atomic E-state index is 12.2. The van der Waals surface area contributed by atoms with Crippen LogP contribution in [0.2, 0.25) is 0 Å². The summed E-state index contributed by atoms with van der Waals surface area (Å²) in [4.78, 5) is 28.4. The van der Waals surface area contributed by atoms with Gasteiger partial charge in [-0.1, -0.05) is 19.1 Å². The number of fused-ring (bicyclic) bond motifs is 1. The Morgan fingerprint density at radius 2 is 1.96 bits per heavy atom. The Morgan fingerprint density at radius 3 is 2.67 bits per heavy atom. The Morgan fingerprint density at radius 1 is 1.21 bits per heavy atom. The number of hydrogen-bond donors (Lipinski definition) is 2. The molecule has 0 spiro atoms. The maximum Gasteiger partial charge on any atom is 0.240 e. The first kappa shape index (κ1) is 18.0. The number of aromatic nitrogens is 2. The van der Waals surface area contributed by atoms with Gasteiger partial charge in [-0.25, -0.2) is 4.98 Å². The Balaban J connectivity index is 2.14. The molecule has 0 aliphatic carbocycles. The maximum atomic E-state index is 12.2. The minimum atomic E-state index is -0.0376. The van der Waals surface area contributed by atoms with E-state index in [0.717, 1.165) is 23.3 Å². The molecule has 2 rings (SSSR count). The summed E-state index contributed by atoms with van der Waals surface area (Å²) in [6.45, 7) is 6.61. The van der Waals surface area contributed by atoms with Crippen molar-refractivity contribution >= 4 is 22.8 Å². The number of carbonyl (C=O) groups excluding carboxylic acids is 2. The monoisotopic (exact) mass is 330 g/mol. The van der Waals surface area contributed by atoms with E-state index in [1.165, 1.54) is 0 Å². The van der Waals surface area contributed by atoms with Gasteiger partial charge in [0, 0.05) is 25.4 Å². The average molecular weight is 330 g/mol. The number of benzene rings is 1. The van der Waals surface area contributed by atoms with E-state index in [1.54, 1.807) is 0 Å². The van der Waals surface area contributed by atoms with Gasteiger partial charge in [0.1, 0.15) is 12.4 Å². The van der Waals surface area contributed by atoms with Crippen LogP contribution in [0.3, 0.4) is 0 Å². The molecule has 0 unspecified atom stereocenters. The number of amides is 2. The number of nitrogens with one attached hydrogen (secondary N) is 2. The molecule has 2 aromatic rings. The second kappa shape index (κ2) is 8.47. The van der Waals surface area contributed by atoms with Crippen LogP contribution in [0, 0.1) is 0 Å². The van der Waals surface area contributed by atoms with Crippen LogP contribution in [-0.4, -0.2) is 34.0 Å². The molecule has 1 aromatic heterocycles. The highest BCUT2D eigenvalue weighted by Crippen LogP contribution is 2.16. The van der Waals surface area contributed by atoms with Crippen molar-refractivity contribution in [3.05, 3.63) is 30.1 Å². The highest BCUT2D eigenvalue weighted by atomic mass is 16.2. The summed E-state index contributed by atoms with van der Waals surface area (Å²) < 4.78 is 1.93. The van der Waals surface area contributed by atoms with Gasteiger partial charge >= 0.3 is 0 Å². The second-order valence-electron chi connectivity index (χ2n) is 6.18. The lowest BCUT2D eigenvalue weighted by molar-refractivity contribution is -0.122. The van der Waals surface area contributed by atoms with E-state index in [-0.39, 0.29) is 24.4 Å². The summed E-state index contributed by atoms with van der Waals surface area (Å²) in [5.41, 5.74) is 1.80. The van der Waals surface area contributed by atoms with Crippen LogP contribution in [0.4, 0.5) is 0 Å². The average Bonchev–Trinajstić information content (AvgIpc) is 2.85. The lowest BCUT2D eigenvalue weighted by atomic mass is 10.3. The molecule has 6 heteroatoms. The number of imidazole rings is 1. The molecule has 24 heavy (non-hydrogen) atoms. The lowest BCUT2D eigenvalue weighted by Gasteiger charge is -2.12. The van der Waals surface area contributed by atoms with E-state index in [2.05, 4.69) is 15.6 Å².